The maximum atomic E-state index is 4.52. The van der Waals surface area contributed by atoms with Gasteiger partial charge in [-0.05, 0) is 44.2 Å². The van der Waals surface area contributed by atoms with Crippen molar-refractivity contribution >= 4 is 11.8 Å². The fraction of sp³-hybridized carbons (Fsp3) is 0.333. The van der Waals surface area contributed by atoms with Gasteiger partial charge in [-0.1, -0.05) is 24.8 Å². The Balaban J connectivity index is 1.98. The summed E-state index contributed by atoms with van der Waals surface area (Å²) in [6.07, 6.45) is 4.86. The minimum absolute atomic E-state index is 0.300. The maximum Gasteiger partial charge on any atom is 0.101 e. The van der Waals surface area contributed by atoms with Crippen LogP contribution in [0.2, 0.25) is 0 Å². The Morgan fingerprint density at radius 2 is 2.11 bits per heavy atom. The van der Waals surface area contributed by atoms with E-state index < -0.39 is 0 Å². The van der Waals surface area contributed by atoms with Gasteiger partial charge in [-0.3, -0.25) is 4.98 Å². The smallest absolute Gasteiger partial charge is 0.101 e. The molecule has 0 bridgehead atoms. The van der Waals surface area contributed by atoms with E-state index in [2.05, 4.69) is 41.3 Å². The summed E-state index contributed by atoms with van der Waals surface area (Å²) in [7, 11) is 0. The molecule has 0 aliphatic carbocycles. The van der Waals surface area contributed by atoms with Crippen LogP contribution < -0.4 is 5.32 Å². The molecule has 2 aromatic heterocycles. The molecule has 1 unspecified atom stereocenters. The van der Waals surface area contributed by atoms with Crippen LogP contribution in [0.1, 0.15) is 32.0 Å². The quantitative estimate of drug-likeness (QED) is 0.871. The summed E-state index contributed by atoms with van der Waals surface area (Å²) in [6, 6.07) is 10.4. The van der Waals surface area contributed by atoms with E-state index in [1.54, 1.807) is 18.0 Å². The highest BCUT2D eigenvalue weighted by Crippen LogP contribution is 2.25. The predicted molar refractivity (Wildman–Crippen MR) is 79.3 cm³/mol. The monoisotopic (exact) mass is 273 g/mol. The van der Waals surface area contributed by atoms with Crippen LogP contribution in [0, 0.1) is 0 Å². The molecule has 4 heteroatoms. The van der Waals surface area contributed by atoms with Crippen LogP contribution in [0.4, 0.5) is 0 Å². The molecule has 2 rings (SSSR count). The molecule has 0 spiro atoms. The van der Waals surface area contributed by atoms with Gasteiger partial charge in [0.1, 0.15) is 5.03 Å². The summed E-state index contributed by atoms with van der Waals surface area (Å²) in [6.45, 7) is 5.33. The van der Waals surface area contributed by atoms with E-state index in [1.807, 2.05) is 24.4 Å². The molecule has 0 fully saturated rings. The lowest BCUT2D eigenvalue weighted by molar-refractivity contribution is 0.558. The third-order valence-corrected chi connectivity index (χ3v) is 3.69. The van der Waals surface area contributed by atoms with Gasteiger partial charge in [-0.25, -0.2) is 4.98 Å². The van der Waals surface area contributed by atoms with Crippen molar-refractivity contribution in [3.05, 3.63) is 48.4 Å². The van der Waals surface area contributed by atoms with Gasteiger partial charge in [0.2, 0.25) is 0 Å². The number of aromatic nitrogens is 2. The molecule has 0 radical (unpaired) electrons. The van der Waals surface area contributed by atoms with E-state index in [-0.39, 0.29) is 0 Å². The average Bonchev–Trinajstić information content (AvgIpc) is 2.46. The Bertz CT molecular complexity index is 485. The van der Waals surface area contributed by atoms with E-state index in [0.717, 1.165) is 28.6 Å². The van der Waals surface area contributed by atoms with Crippen molar-refractivity contribution in [2.24, 2.45) is 0 Å². The Labute approximate surface area is 118 Å². The Hall–Kier alpha value is -1.39. The fourth-order valence-electron chi connectivity index (χ4n) is 1.70. The van der Waals surface area contributed by atoms with E-state index in [0.29, 0.717) is 6.04 Å². The molecule has 3 nitrogen and oxygen atoms in total. The third-order valence-electron chi connectivity index (χ3n) is 2.76. The third kappa shape index (κ3) is 4.33. The first-order valence-electron chi connectivity index (χ1n) is 6.58. The van der Waals surface area contributed by atoms with Crippen LogP contribution in [-0.4, -0.2) is 16.5 Å². The normalized spacial score (nSPS) is 12.3. The first-order chi connectivity index (χ1) is 9.29. The average molecular weight is 273 g/mol. The lowest BCUT2D eigenvalue weighted by Crippen LogP contribution is -2.20. The van der Waals surface area contributed by atoms with Gasteiger partial charge in [0, 0.05) is 23.3 Å². The van der Waals surface area contributed by atoms with Crippen LogP contribution in [0.15, 0.2) is 52.6 Å². The van der Waals surface area contributed by atoms with E-state index in [9.17, 15) is 0 Å². The second-order valence-corrected chi connectivity index (χ2v) is 5.46. The van der Waals surface area contributed by atoms with Gasteiger partial charge in [0.15, 0.2) is 0 Å². The van der Waals surface area contributed by atoms with Crippen LogP contribution in [0.5, 0.6) is 0 Å². The number of hydrogen-bond donors (Lipinski definition) is 1. The maximum absolute atomic E-state index is 4.52. The van der Waals surface area contributed by atoms with Crippen LogP contribution in [-0.2, 0) is 0 Å². The highest BCUT2D eigenvalue weighted by Gasteiger charge is 2.06. The van der Waals surface area contributed by atoms with Crippen molar-refractivity contribution in [2.75, 3.05) is 6.54 Å². The molecule has 100 valence electrons. The van der Waals surface area contributed by atoms with Gasteiger partial charge in [-0.15, -0.1) is 0 Å². The molecule has 0 amide bonds. The summed E-state index contributed by atoms with van der Waals surface area (Å²) in [5.41, 5.74) is 1.08. The molecule has 0 saturated carbocycles. The van der Waals surface area contributed by atoms with Crippen LogP contribution >= 0.6 is 11.8 Å². The van der Waals surface area contributed by atoms with Gasteiger partial charge in [0.25, 0.3) is 0 Å². The van der Waals surface area contributed by atoms with Crippen molar-refractivity contribution in [1.29, 1.82) is 0 Å². The first kappa shape index (κ1) is 14.0. The molecule has 0 aliphatic rings. The molecule has 2 aromatic rings. The van der Waals surface area contributed by atoms with Gasteiger partial charge in [-0.2, -0.15) is 0 Å². The highest BCUT2D eigenvalue weighted by molar-refractivity contribution is 7.99. The van der Waals surface area contributed by atoms with E-state index in [1.165, 1.54) is 0 Å². The summed E-state index contributed by atoms with van der Waals surface area (Å²) in [4.78, 5) is 9.93. The lowest BCUT2D eigenvalue weighted by atomic mass is 10.2. The topological polar surface area (TPSA) is 37.8 Å². The summed E-state index contributed by atoms with van der Waals surface area (Å²) in [5.74, 6) is 0. The van der Waals surface area contributed by atoms with Crippen LogP contribution in [0.3, 0.4) is 0 Å². The number of pyridine rings is 2. The molecule has 19 heavy (non-hydrogen) atoms. The summed E-state index contributed by atoms with van der Waals surface area (Å²) in [5, 5.41) is 4.43. The Morgan fingerprint density at radius 1 is 1.21 bits per heavy atom. The van der Waals surface area contributed by atoms with Gasteiger partial charge >= 0.3 is 0 Å². The zero-order valence-electron chi connectivity index (χ0n) is 11.3. The molecule has 2 heterocycles. The standard InChI is InChI=1S/C15H19N3S/c1-3-9-16-12(2)14-8-7-13(11-18-14)19-15-6-4-5-10-17-15/h4-8,10-12,16H,3,9H2,1-2H3. The van der Waals surface area contributed by atoms with Crippen molar-refractivity contribution in [3.63, 3.8) is 0 Å². The number of nitrogens with zero attached hydrogens (tertiary/aromatic N) is 2. The van der Waals surface area contributed by atoms with Gasteiger partial charge in [0.05, 0.1) is 5.69 Å². The molecule has 0 saturated heterocycles. The van der Waals surface area contributed by atoms with Gasteiger partial charge < -0.3 is 5.32 Å². The van der Waals surface area contributed by atoms with Crippen LogP contribution in [0.25, 0.3) is 0 Å². The van der Waals surface area contributed by atoms with Crippen molar-refractivity contribution in [2.45, 2.75) is 36.2 Å². The number of nitrogens with one attached hydrogen (secondary N) is 1. The number of hydrogen-bond acceptors (Lipinski definition) is 4. The largest absolute Gasteiger partial charge is 0.309 e. The molecular weight excluding hydrogens is 254 g/mol. The molecule has 1 atom stereocenters. The van der Waals surface area contributed by atoms with Crippen molar-refractivity contribution < 1.29 is 0 Å². The molecule has 1 N–H and O–H groups in total. The first-order valence-corrected chi connectivity index (χ1v) is 7.39. The second kappa shape index (κ2) is 7.26. The highest BCUT2D eigenvalue weighted by atomic mass is 32.2. The number of rotatable bonds is 6. The molecule has 0 aliphatic heterocycles. The minimum atomic E-state index is 0.300. The minimum Gasteiger partial charge on any atom is -0.309 e. The zero-order valence-corrected chi connectivity index (χ0v) is 12.2. The van der Waals surface area contributed by atoms with E-state index >= 15 is 0 Å². The Kier molecular flexibility index (Phi) is 5.36. The summed E-state index contributed by atoms with van der Waals surface area (Å²) >= 11 is 1.63. The summed E-state index contributed by atoms with van der Waals surface area (Å²) < 4.78 is 0. The Morgan fingerprint density at radius 3 is 2.74 bits per heavy atom. The van der Waals surface area contributed by atoms with E-state index in [4.69, 9.17) is 0 Å². The SMILES string of the molecule is CCCNC(C)c1ccc(Sc2ccccn2)cn1. The lowest BCUT2D eigenvalue weighted by Gasteiger charge is -2.12. The van der Waals surface area contributed by atoms with Crippen molar-refractivity contribution in [1.82, 2.24) is 15.3 Å². The second-order valence-electron chi connectivity index (χ2n) is 4.36. The molecular formula is C15H19N3S. The van der Waals surface area contributed by atoms with Crippen molar-refractivity contribution in [3.8, 4) is 0 Å². The molecule has 0 aromatic carbocycles. The predicted octanol–water partition coefficient (Wildman–Crippen LogP) is 3.69. The fourth-order valence-corrected chi connectivity index (χ4v) is 2.45. The zero-order chi connectivity index (χ0) is 13.5.